The average Bonchev–Trinajstić information content (AvgIpc) is 2.97. The van der Waals surface area contributed by atoms with Gasteiger partial charge in [-0.1, -0.05) is 37.6 Å². The Morgan fingerprint density at radius 3 is 2.52 bits per heavy atom. The number of Topliss-reactive ketones (excluding diaryl/α,β-unsaturated/α-hetero) is 1. The van der Waals surface area contributed by atoms with Gasteiger partial charge in [-0.2, -0.15) is 0 Å². The zero-order valence-corrected chi connectivity index (χ0v) is 17.7. The molecule has 1 aliphatic rings. The number of esters is 1. The van der Waals surface area contributed by atoms with Gasteiger partial charge in [-0.3, -0.25) is 14.4 Å². The second-order valence-corrected chi connectivity index (χ2v) is 8.59. The maximum Gasteiger partial charge on any atom is 0.307 e. The molecule has 1 amide bonds. The lowest BCUT2D eigenvalue weighted by molar-refractivity contribution is -0.141. The van der Waals surface area contributed by atoms with E-state index in [4.69, 9.17) is 20.8 Å². The van der Waals surface area contributed by atoms with Crippen molar-refractivity contribution in [1.82, 2.24) is 5.32 Å². The number of carbonyl (C=O) groups excluding carboxylic acids is 3. The molecule has 0 saturated carbocycles. The molecular weight excluding hydrogens is 394 g/mol. The number of ketones is 1. The molecule has 0 aliphatic heterocycles. The van der Waals surface area contributed by atoms with Gasteiger partial charge in [0.1, 0.15) is 5.76 Å². The number of benzene rings is 1. The lowest BCUT2D eigenvalue weighted by Crippen LogP contribution is -2.30. The van der Waals surface area contributed by atoms with Gasteiger partial charge in [0.2, 0.25) is 0 Å². The fraction of sp³-hybridized carbons (Fsp3) is 0.409. The van der Waals surface area contributed by atoms with Gasteiger partial charge in [0.05, 0.1) is 25.1 Å². The van der Waals surface area contributed by atoms with Crippen LogP contribution in [0.1, 0.15) is 70.5 Å². The van der Waals surface area contributed by atoms with Gasteiger partial charge < -0.3 is 14.5 Å². The number of amides is 1. The van der Waals surface area contributed by atoms with E-state index in [1.165, 1.54) is 7.11 Å². The van der Waals surface area contributed by atoms with Crippen molar-refractivity contribution in [2.24, 2.45) is 5.41 Å². The molecule has 1 aliphatic carbocycles. The van der Waals surface area contributed by atoms with Crippen molar-refractivity contribution in [2.45, 2.75) is 46.1 Å². The van der Waals surface area contributed by atoms with Gasteiger partial charge in [0.25, 0.3) is 5.91 Å². The van der Waals surface area contributed by atoms with Crippen LogP contribution < -0.4 is 5.32 Å². The maximum absolute atomic E-state index is 13.0. The zero-order chi connectivity index (χ0) is 21.3. The van der Waals surface area contributed by atoms with Crippen molar-refractivity contribution >= 4 is 29.3 Å². The highest BCUT2D eigenvalue weighted by atomic mass is 35.5. The molecule has 7 heteroatoms. The second kappa shape index (κ2) is 8.03. The first kappa shape index (κ1) is 21.1. The first-order valence-corrected chi connectivity index (χ1v) is 9.77. The summed E-state index contributed by atoms with van der Waals surface area (Å²) in [6.07, 6.45) is 0.956. The Kier molecular flexibility index (Phi) is 5.85. The van der Waals surface area contributed by atoms with Crippen molar-refractivity contribution in [2.75, 3.05) is 7.11 Å². The number of ether oxygens (including phenoxy) is 1. The highest BCUT2D eigenvalue weighted by Gasteiger charge is 2.37. The molecule has 0 saturated heterocycles. The number of halogens is 1. The number of carbonyl (C=O) groups is 3. The van der Waals surface area contributed by atoms with Crippen LogP contribution in [-0.2, 0) is 16.0 Å². The Hall–Kier alpha value is -2.60. The van der Waals surface area contributed by atoms with Crippen LogP contribution in [0, 0.1) is 12.3 Å². The van der Waals surface area contributed by atoms with Crippen LogP contribution in [0.4, 0.5) is 0 Å². The van der Waals surface area contributed by atoms with Gasteiger partial charge in [0, 0.05) is 23.4 Å². The minimum absolute atomic E-state index is 0.0136. The van der Waals surface area contributed by atoms with E-state index in [0.29, 0.717) is 40.3 Å². The average molecular weight is 418 g/mol. The fourth-order valence-electron chi connectivity index (χ4n) is 3.72. The number of fused-ring (bicyclic) bond motifs is 1. The van der Waals surface area contributed by atoms with Crippen molar-refractivity contribution in [1.29, 1.82) is 0 Å². The van der Waals surface area contributed by atoms with E-state index < -0.39 is 17.9 Å². The standard InChI is InChI=1S/C22H24ClNO5/c1-12-19-16(25)10-22(2,3)11-17(19)29-20(12)21(27)24-15(9-18(26)28-4)13-5-7-14(23)8-6-13/h5-8,15H,9-11H2,1-4H3,(H,24,27). The third kappa shape index (κ3) is 4.53. The van der Waals surface area contributed by atoms with E-state index >= 15 is 0 Å². The molecule has 0 spiro atoms. The van der Waals surface area contributed by atoms with Crippen LogP contribution in [0.15, 0.2) is 28.7 Å². The molecule has 1 unspecified atom stereocenters. The Morgan fingerprint density at radius 2 is 1.90 bits per heavy atom. The van der Waals surface area contributed by atoms with Crippen LogP contribution >= 0.6 is 11.6 Å². The third-order valence-electron chi connectivity index (χ3n) is 5.16. The number of hydrogen-bond donors (Lipinski definition) is 1. The first-order valence-electron chi connectivity index (χ1n) is 9.40. The number of methoxy groups -OCH3 is 1. The minimum Gasteiger partial charge on any atom is -0.469 e. The topological polar surface area (TPSA) is 85.6 Å². The molecule has 0 fully saturated rings. The van der Waals surface area contributed by atoms with Gasteiger partial charge in [-0.05, 0) is 30.0 Å². The summed E-state index contributed by atoms with van der Waals surface area (Å²) < 4.78 is 10.6. The van der Waals surface area contributed by atoms with Crippen LogP contribution in [0.5, 0.6) is 0 Å². The maximum atomic E-state index is 13.0. The monoisotopic (exact) mass is 417 g/mol. The summed E-state index contributed by atoms with van der Waals surface area (Å²) in [7, 11) is 1.29. The number of hydrogen-bond acceptors (Lipinski definition) is 5. The molecule has 2 aromatic rings. The number of rotatable bonds is 5. The van der Waals surface area contributed by atoms with Crippen LogP contribution in [0.3, 0.4) is 0 Å². The third-order valence-corrected chi connectivity index (χ3v) is 5.41. The summed E-state index contributed by atoms with van der Waals surface area (Å²) in [5.41, 5.74) is 1.54. The largest absolute Gasteiger partial charge is 0.469 e. The summed E-state index contributed by atoms with van der Waals surface area (Å²) in [4.78, 5) is 37.4. The van der Waals surface area contributed by atoms with Crippen molar-refractivity contribution in [3.8, 4) is 0 Å². The normalized spacial score (nSPS) is 16.1. The lowest BCUT2D eigenvalue weighted by Gasteiger charge is -2.27. The summed E-state index contributed by atoms with van der Waals surface area (Å²) in [6.45, 7) is 5.71. The van der Waals surface area contributed by atoms with E-state index in [-0.39, 0.29) is 23.4 Å². The van der Waals surface area contributed by atoms with E-state index in [1.807, 2.05) is 13.8 Å². The molecule has 0 bridgehead atoms. The highest BCUT2D eigenvalue weighted by molar-refractivity contribution is 6.30. The molecule has 154 valence electrons. The Labute approximate surface area is 174 Å². The predicted octanol–water partition coefficient (Wildman–Crippen LogP) is 4.43. The summed E-state index contributed by atoms with van der Waals surface area (Å²) >= 11 is 5.94. The minimum atomic E-state index is -0.624. The highest BCUT2D eigenvalue weighted by Crippen LogP contribution is 2.38. The molecule has 1 atom stereocenters. The van der Waals surface area contributed by atoms with E-state index in [2.05, 4.69) is 5.32 Å². The Morgan fingerprint density at radius 1 is 1.24 bits per heavy atom. The molecule has 1 aromatic carbocycles. The lowest BCUT2D eigenvalue weighted by atomic mass is 9.76. The van der Waals surface area contributed by atoms with Crippen molar-refractivity contribution < 1.29 is 23.5 Å². The Bertz CT molecular complexity index is 958. The van der Waals surface area contributed by atoms with E-state index in [1.54, 1.807) is 31.2 Å². The van der Waals surface area contributed by atoms with Gasteiger partial charge >= 0.3 is 5.97 Å². The van der Waals surface area contributed by atoms with E-state index in [0.717, 1.165) is 0 Å². The van der Waals surface area contributed by atoms with E-state index in [9.17, 15) is 14.4 Å². The smallest absolute Gasteiger partial charge is 0.307 e. The van der Waals surface area contributed by atoms with Crippen molar-refractivity contribution in [3.63, 3.8) is 0 Å². The summed E-state index contributed by atoms with van der Waals surface area (Å²) in [5.74, 6) is -0.306. The molecular formula is C22H24ClNO5. The molecule has 1 aromatic heterocycles. The second-order valence-electron chi connectivity index (χ2n) is 8.15. The number of furan rings is 1. The SMILES string of the molecule is COC(=O)CC(NC(=O)c1oc2c(c1C)C(=O)CC(C)(C)C2)c1ccc(Cl)cc1. The van der Waals surface area contributed by atoms with Gasteiger partial charge in [-0.25, -0.2) is 0 Å². The van der Waals surface area contributed by atoms with Crippen LogP contribution in [0.2, 0.25) is 5.02 Å². The fourth-order valence-corrected chi connectivity index (χ4v) is 3.85. The molecule has 1 heterocycles. The summed E-state index contributed by atoms with van der Waals surface area (Å²) in [6, 6.07) is 6.22. The molecule has 1 N–H and O–H groups in total. The van der Waals surface area contributed by atoms with Gasteiger partial charge in [-0.15, -0.1) is 0 Å². The molecule has 29 heavy (non-hydrogen) atoms. The summed E-state index contributed by atoms with van der Waals surface area (Å²) in [5, 5.41) is 3.38. The number of nitrogens with one attached hydrogen (secondary N) is 1. The molecule has 0 radical (unpaired) electrons. The Balaban J connectivity index is 1.89. The van der Waals surface area contributed by atoms with Crippen LogP contribution in [0.25, 0.3) is 0 Å². The molecule has 3 rings (SSSR count). The first-order chi connectivity index (χ1) is 13.6. The quantitative estimate of drug-likeness (QED) is 0.727. The van der Waals surface area contributed by atoms with Crippen LogP contribution in [-0.4, -0.2) is 24.8 Å². The van der Waals surface area contributed by atoms with Crippen molar-refractivity contribution in [3.05, 3.63) is 57.5 Å². The predicted molar refractivity (Wildman–Crippen MR) is 108 cm³/mol. The molecule has 6 nitrogen and oxygen atoms in total. The zero-order valence-electron chi connectivity index (χ0n) is 16.9. The van der Waals surface area contributed by atoms with Gasteiger partial charge in [0.15, 0.2) is 11.5 Å².